The lowest BCUT2D eigenvalue weighted by molar-refractivity contribution is 0.318. The van der Waals surface area contributed by atoms with Crippen LogP contribution in [-0.4, -0.2) is 23.1 Å². The van der Waals surface area contributed by atoms with Crippen LogP contribution in [0.15, 0.2) is 6.33 Å². The molecule has 1 aromatic heterocycles. The summed E-state index contributed by atoms with van der Waals surface area (Å²) in [5, 5.41) is 0.619. The van der Waals surface area contributed by atoms with Crippen molar-refractivity contribution in [3.8, 4) is 0 Å². The monoisotopic (exact) mass is 267 g/mol. The predicted octanol–water partition coefficient (Wildman–Crippen LogP) is 3.71. The van der Waals surface area contributed by atoms with Crippen LogP contribution < -0.4 is 4.90 Å². The summed E-state index contributed by atoms with van der Waals surface area (Å²) in [5.41, 5.74) is 1.11. The van der Waals surface area contributed by atoms with E-state index in [1.165, 1.54) is 19.3 Å². The first-order valence-corrected chi connectivity index (χ1v) is 7.38. The first kappa shape index (κ1) is 13.6. The predicted molar refractivity (Wildman–Crippen MR) is 76.3 cm³/mol. The summed E-state index contributed by atoms with van der Waals surface area (Å²) in [4.78, 5) is 11.0. The van der Waals surface area contributed by atoms with Gasteiger partial charge in [0.1, 0.15) is 17.3 Å². The third kappa shape index (κ3) is 2.94. The van der Waals surface area contributed by atoms with Crippen molar-refractivity contribution in [3.63, 3.8) is 0 Å². The molecule has 1 fully saturated rings. The van der Waals surface area contributed by atoms with E-state index < -0.39 is 0 Å². The molecule has 0 saturated heterocycles. The molecule has 4 heteroatoms. The molecule has 100 valence electrons. The van der Waals surface area contributed by atoms with Gasteiger partial charge in [-0.1, -0.05) is 31.4 Å². The molecule has 1 aromatic rings. The van der Waals surface area contributed by atoms with Gasteiger partial charge in [-0.3, -0.25) is 0 Å². The molecule has 3 nitrogen and oxygen atoms in total. The Morgan fingerprint density at radius 1 is 1.33 bits per heavy atom. The Labute approximate surface area is 115 Å². The van der Waals surface area contributed by atoms with Crippen LogP contribution in [0.25, 0.3) is 0 Å². The normalized spacial score (nSPS) is 15.5. The summed E-state index contributed by atoms with van der Waals surface area (Å²) in [6, 6.07) is 0. The fourth-order valence-electron chi connectivity index (χ4n) is 2.47. The summed E-state index contributed by atoms with van der Waals surface area (Å²) < 4.78 is 0. The average Bonchev–Trinajstić information content (AvgIpc) is 2.31. The molecular formula is C14H22ClN3. The smallest absolute Gasteiger partial charge is 0.137 e. The molecular weight excluding hydrogens is 246 g/mol. The standard InChI is InChI=1S/C14H22ClN3/c1-3-6-12-13(15)16-10-17-14(12)18(4-2)9-11-7-5-8-11/h10-11H,3-9H2,1-2H3. The molecule has 0 bridgehead atoms. The summed E-state index contributed by atoms with van der Waals surface area (Å²) in [5.74, 6) is 1.89. The van der Waals surface area contributed by atoms with Crippen molar-refractivity contribution in [3.05, 3.63) is 17.0 Å². The Kier molecular flexibility index (Phi) is 4.81. The lowest BCUT2D eigenvalue weighted by Gasteiger charge is -2.33. The van der Waals surface area contributed by atoms with Crippen molar-refractivity contribution < 1.29 is 0 Å². The van der Waals surface area contributed by atoms with Crippen LogP contribution in [0, 0.1) is 5.92 Å². The van der Waals surface area contributed by atoms with Gasteiger partial charge in [0, 0.05) is 18.7 Å². The van der Waals surface area contributed by atoms with E-state index in [1.54, 1.807) is 6.33 Å². The first-order valence-electron chi connectivity index (χ1n) is 7.00. The summed E-state index contributed by atoms with van der Waals surface area (Å²) >= 11 is 6.22. The van der Waals surface area contributed by atoms with E-state index in [1.807, 2.05) is 0 Å². The minimum Gasteiger partial charge on any atom is -0.356 e. The molecule has 18 heavy (non-hydrogen) atoms. The van der Waals surface area contributed by atoms with Crippen LogP contribution in [-0.2, 0) is 6.42 Å². The number of anilines is 1. The third-order valence-electron chi connectivity index (χ3n) is 3.75. The van der Waals surface area contributed by atoms with Gasteiger partial charge < -0.3 is 4.90 Å². The zero-order valence-electron chi connectivity index (χ0n) is 11.3. The van der Waals surface area contributed by atoms with Crippen LogP contribution in [0.2, 0.25) is 5.15 Å². The second-order valence-corrected chi connectivity index (χ2v) is 5.41. The maximum atomic E-state index is 6.22. The van der Waals surface area contributed by atoms with E-state index in [0.717, 1.165) is 43.2 Å². The number of rotatable bonds is 6. The third-order valence-corrected chi connectivity index (χ3v) is 4.08. The molecule has 0 spiro atoms. The SMILES string of the molecule is CCCc1c(Cl)ncnc1N(CC)CC1CCC1. The van der Waals surface area contributed by atoms with Crippen LogP contribution in [0.1, 0.15) is 45.1 Å². The van der Waals surface area contributed by atoms with Crippen molar-refractivity contribution in [2.75, 3.05) is 18.0 Å². The van der Waals surface area contributed by atoms with Gasteiger partial charge in [0.05, 0.1) is 0 Å². The van der Waals surface area contributed by atoms with Gasteiger partial charge in [0.25, 0.3) is 0 Å². The first-order chi connectivity index (χ1) is 8.76. The molecule has 2 rings (SSSR count). The molecule has 0 radical (unpaired) electrons. The minimum absolute atomic E-state index is 0.619. The van der Waals surface area contributed by atoms with Gasteiger partial charge in [-0.2, -0.15) is 0 Å². The van der Waals surface area contributed by atoms with Gasteiger partial charge in [-0.25, -0.2) is 9.97 Å². The molecule has 1 heterocycles. The summed E-state index contributed by atoms with van der Waals surface area (Å²) in [7, 11) is 0. The van der Waals surface area contributed by atoms with Crippen molar-refractivity contribution in [1.29, 1.82) is 0 Å². The van der Waals surface area contributed by atoms with E-state index in [-0.39, 0.29) is 0 Å². The fourth-order valence-corrected chi connectivity index (χ4v) is 2.69. The average molecular weight is 268 g/mol. The summed E-state index contributed by atoms with van der Waals surface area (Å²) in [6.07, 6.45) is 7.71. The van der Waals surface area contributed by atoms with Gasteiger partial charge >= 0.3 is 0 Å². The van der Waals surface area contributed by atoms with Gasteiger partial charge in [-0.15, -0.1) is 0 Å². The number of nitrogens with zero attached hydrogens (tertiary/aromatic N) is 3. The zero-order valence-corrected chi connectivity index (χ0v) is 12.1. The Morgan fingerprint density at radius 3 is 2.67 bits per heavy atom. The second kappa shape index (κ2) is 6.37. The molecule has 0 atom stereocenters. The highest BCUT2D eigenvalue weighted by molar-refractivity contribution is 6.30. The lowest BCUT2D eigenvalue weighted by Crippen LogP contribution is -2.33. The van der Waals surface area contributed by atoms with E-state index >= 15 is 0 Å². The second-order valence-electron chi connectivity index (χ2n) is 5.05. The van der Waals surface area contributed by atoms with E-state index in [4.69, 9.17) is 11.6 Å². The molecule has 0 N–H and O–H groups in total. The highest BCUT2D eigenvalue weighted by atomic mass is 35.5. The number of hydrogen-bond acceptors (Lipinski definition) is 3. The van der Waals surface area contributed by atoms with Gasteiger partial charge in [-0.05, 0) is 32.1 Å². The Hall–Kier alpha value is -0.830. The van der Waals surface area contributed by atoms with Crippen LogP contribution >= 0.6 is 11.6 Å². The van der Waals surface area contributed by atoms with Gasteiger partial charge in [0.15, 0.2) is 0 Å². The molecule has 0 aliphatic heterocycles. The number of hydrogen-bond donors (Lipinski definition) is 0. The van der Waals surface area contributed by atoms with E-state index in [0.29, 0.717) is 5.15 Å². The maximum Gasteiger partial charge on any atom is 0.137 e. The van der Waals surface area contributed by atoms with E-state index in [9.17, 15) is 0 Å². The zero-order chi connectivity index (χ0) is 13.0. The van der Waals surface area contributed by atoms with Crippen LogP contribution in [0.4, 0.5) is 5.82 Å². The Balaban J connectivity index is 2.19. The van der Waals surface area contributed by atoms with Crippen LogP contribution in [0.3, 0.4) is 0 Å². The molecule has 1 aliphatic rings. The van der Waals surface area contributed by atoms with E-state index in [2.05, 4.69) is 28.7 Å². The molecule has 0 unspecified atom stereocenters. The molecule has 1 aliphatic carbocycles. The van der Waals surface area contributed by atoms with Crippen molar-refractivity contribution in [2.45, 2.75) is 46.0 Å². The fraction of sp³-hybridized carbons (Fsp3) is 0.714. The molecule has 1 saturated carbocycles. The van der Waals surface area contributed by atoms with Crippen molar-refractivity contribution >= 4 is 17.4 Å². The quantitative estimate of drug-likeness (QED) is 0.736. The molecule has 0 aromatic carbocycles. The van der Waals surface area contributed by atoms with Gasteiger partial charge in [0.2, 0.25) is 0 Å². The number of aromatic nitrogens is 2. The highest BCUT2D eigenvalue weighted by Crippen LogP contribution is 2.30. The maximum absolute atomic E-state index is 6.22. The highest BCUT2D eigenvalue weighted by Gasteiger charge is 2.22. The lowest BCUT2D eigenvalue weighted by atomic mass is 9.85. The van der Waals surface area contributed by atoms with Crippen molar-refractivity contribution in [1.82, 2.24) is 9.97 Å². The Morgan fingerprint density at radius 2 is 2.11 bits per heavy atom. The Bertz CT molecular complexity index is 391. The number of halogens is 1. The largest absolute Gasteiger partial charge is 0.356 e. The van der Waals surface area contributed by atoms with Crippen LogP contribution in [0.5, 0.6) is 0 Å². The van der Waals surface area contributed by atoms with Crippen molar-refractivity contribution in [2.24, 2.45) is 5.92 Å². The topological polar surface area (TPSA) is 29.0 Å². The minimum atomic E-state index is 0.619. The molecule has 0 amide bonds. The summed E-state index contributed by atoms with van der Waals surface area (Å²) in [6.45, 7) is 6.45.